The molecule has 0 aromatic rings. The van der Waals surface area contributed by atoms with Crippen molar-refractivity contribution in [2.24, 2.45) is 28.6 Å². The number of carbonyl (C=O) groups excluding carboxylic acids is 3. The fourth-order valence-electron chi connectivity index (χ4n) is 7.32. The molecule has 3 saturated carbocycles. The van der Waals surface area contributed by atoms with Gasteiger partial charge in [-0.1, -0.05) is 19.4 Å². The molecule has 0 spiro atoms. The Hall–Kier alpha value is -1.49. The molecule has 6 atom stereocenters. The Morgan fingerprint density at radius 1 is 1.11 bits per heavy atom. The van der Waals surface area contributed by atoms with Gasteiger partial charge in [0.15, 0.2) is 12.4 Å². The van der Waals surface area contributed by atoms with Crippen molar-refractivity contribution >= 4 is 17.5 Å². The fourth-order valence-corrected chi connectivity index (χ4v) is 7.32. The highest BCUT2D eigenvalue weighted by molar-refractivity contribution is 5.92. The summed E-state index contributed by atoms with van der Waals surface area (Å²) in [6.45, 7) is 5.35. The molecule has 5 nitrogen and oxygen atoms in total. The number of carbonyl (C=O) groups is 3. The third-order valence-electron chi connectivity index (χ3n) is 8.98. The van der Waals surface area contributed by atoms with E-state index in [2.05, 4.69) is 13.8 Å². The second kappa shape index (κ2) is 6.51. The SMILES string of the molecule is CC(=O)OCC(=O)[C@]1(O)CC[C@H]2[C@@H]3CCC4=CC(=O)CC[C@]4(C)[C@H]3CC[C@@]21C. The van der Waals surface area contributed by atoms with E-state index in [1.807, 2.05) is 6.08 Å². The summed E-state index contributed by atoms with van der Waals surface area (Å²) in [4.78, 5) is 35.9. The lowest BCUT2D eigenvalue weighted by molar-refractivity contribution is -0.169. The molecule has 0 radical (unpaired) electrons. The first-order chi connectivity index (χ1) is 13.1. The monoisotopic (exact) mass is 388 g/mol. The van der Waals surface area contributed by atoms with Gasteiger partial charge in [0.05, 0.1) is 0 Å². The molecule has 5 heteroatoms. The van der Waals surface area contributed by atoms with Crippen LogP contribution in [0.25, 0.3) is 0 Å². The Kier molecular flexibility index (Phi) is 4.61. The van der Waals surface area contributed by atoms with E-state index in [9.17, 15) is 19.5 Å². The highest BCUT2D eigenvalue weighted by atomic mass is 16.5. The number of allylic oxidation sites excluding steroid dienone is 1. The number of hydrogen-bond donors (Lipinski definition) is 1. The third kappa shape index (κ3) is 2.65. The minimum Gasteiger partial charge on any atom is -0.458 e. The van der Waals surface area contributed by atoms with Crippen LogP contribution in [0.3, 0.4) is 0 Å². The van der Waals surface area contributed by atoms with Crippen LogP contribution in [0.2, 0.25) is 0 Å². The first kappa shape index (κ1) is 19.8. The summed E-state index contributed by atoms with van der Waals surface area (Å²) in [6, 6.07) is 0. The van der Waals surface area contributed by atoms with E-state index in [0.717, 1.165) is 38.5 Å². The van der Waals surface area contributed by atoms with Crippen molar-refractivity contribution < 1.29 is 24.2 Å². The summed E-state index contributed by atoms with van der Waals surface area (Å²) >= 11 is 0. The number of ketones is 2. The minimum absolute atomic E-state index is 0.0839. The van der Waals surface area contributed by atoms with Crippen LogP contribution in [0.4, 0.5) is 0 Å². The lowest BCUT2D eigenvalue weighted by Gasteiger charge is -2.58. The van der Waals surface area contributed by atoms with E-state index >= 15 is 0 Å². The third-order valence-corrected chi connectivity index (χ3v) is 8.98. The molecule has 3 fully saturated rings. The topological polar surface area (TPSA) is 80.7 Å². The standard InChI is InChI=1S/C23H32O5/c1-14(24)28-13-20(26)23(27)11-8-19-17-5-4-15-12-16(25)6-9-21(15,2)18(17)7-10-22(19,23)3/h12,17-19,27H,4-11,13H2,1-3H3/t17-,18+,19+,21+,22+,23-/m1/s1. The Morgan fingerprint density at radius 3 is 2.54 bits per heavy atom. The maximum Gasteiger partial charge on any atom is 0.303 e. The predicted octanol–water partition coefficient (Wildman–Crippen LogP) is 3.38. The van der Waals surface area contributed by atoms with Gasteiger partial charge in [-0.3, -0.25) is 14.4 Å². The highest BCUT2D eigenvalue weighted by Gasteiger charge is 2.66. The lowest BCUT2D eigenvalue weighted by atomic mass is 9.46. The highest BCUT2D eigenvalue weighted by Crippen LogP contribution is 2.67. The van der Waals surface area contributed by atoms with Gasteiger partial charge in [0.2, 0.25) is 5.78 Å². The number of fused-ring (bicyclic) bond motifs is 5. The van der Waals surface area contributed by atoms with Crippen LogP contribution >= 0.6 is 0 Å². The summed E-state index contributed by atoms with van der Waals surface area (Å²) in [7, 11) is 0. The van der Waals surface area contributed by atoms with Crippen molar-refractivity contribution in [2.75, 3.05) is 6.61 Å². The Bertz CT molecular complexity index is 754. The zero-order valence-electron chi connectivity index (χ0n) is 17.3. The van der Waals surface area contributed by atoms with Crippen molar-refractivity contribution in [2.45, 2.75) is 77.7 Å². The van der Waals surface area contributed by atoms with Crippen LogP contribution in [0.15, 0.2) is 11.6 Å². The van der Waals surface area contributed by atoms with E-state index in [1.165, 1.54) is 12.5 Å². The largest absolute Gasteiger partial charge is 0.458 e. The quantitative estimate of drug-likeness (QED) is 0.750. The number of aliphatic hydroxyl groups is 1. The lowest BCUT2D eigenvalue weighted by Crippen LogP contribution is -2.58. The predicted molar refractivity (Wildman–Crippen MR) is 103 cm³/mol. The molecule has 4 rings (SSSR count). The fraction of sp³-hybridized carbons (Fsp3) is 0.783. The number of esters is 1. The van der Waals surface area contributed by atoms with Crippen LogP contribution < -0.4 is 0 Å². The van der Waals surface area contributed by atoms with Gasteiger partial charge < -0.3 is 9.84 Å². The van der Waals surface area contributed by atoms with Gasteiger partial charge in [0.1, 0.15) is 5.60 Å². The van der Waals surface area contributed by atoms with Gasteiger partial charge >= 0.3 is 5.97 Å². The molecule has 0 aromatic carbocycles. The van der Waals surface area contributed by atoms with E-state index in [1.54, 1.807) is 0 Å². The van der Waals surface area contributed by atoms with Crippen LogP contribution in [0.1, 0.15) is 72.1 Å². The molecule has 4 aliphatic carbocycles. The minimum atomic E-state index is -1.41. The molecule has 1 N–H and O–H groups in total. The van der Waals surface area contributed by atoms with Gasteiger partial charge in [-0.25, -0.2) is 0 Å². The normalized spacial score (nSPS) is 44.8. The molecule has 0 heterocycles. The molecule has 0 amide bonds. The van der Waals surface area contributed by atoms with Gasteiger partial charge in [0, 0.05) is 18.8 Å². The van der Waals surface area contributed by atoms with Crippen LogP contribution in [-0.2, 0) is 19.1 Å². The molecule has 154 valence electrons. The van der Waals surface area contributed by atoms with E-state index in [4.69, 9.17) is 4.74 Å². The van der Waals surface area contributed by atoms with Crippen molar-refractivity contribution in [3.05, 3.63) is 11.6 Å². The molecule has 4 aliphatic rings. The van der Waals surface area contributed by atoms with Crippen molar-refractivity contribution in [3.8, 4) is 0 Å². The van der Waals surface area contributed by atoms with Gasteiger partial charge in [-0.15, -0.1) is 0 Å². The number of hydrogen-bond acceptors (Lipinski definition) is 5. The molecular weight excluding hydrogens is 356 g/mol. The first-order valence-electron chi connectivity index (χ1n) is 10.7. The summed E-state index contributed by atoms with van der Waals surface area (Å²) in [5.74, 6) is 0.712. The average molecular weight is 389 g/mol. The van der Waals surface area contributed by atoms with Crippen LogP contribution in [0, 0.1) is 28.6 Å². The smallest absolute Gasteiger partial charge is 0.303 e. The maximum atomic E-state index is 12.8. The van der Waals surface area contributed by atoms with Crippen LogP contribution in [-0.4, -0.2) is 34.9 Å². The van der Waals surface area contributed by atoms with Gasteiger partial charge in [0.25, 0.3) is 0 Å². The Labute approximate surface area is 166 Å². The molecule has 0 unspecified atom stereocenters. The van der Waals surface area contributed by atoms with Crippen molar-refractivity contribution in [3.63, 3.8) is 0 Å². The molecule has 0 aromatic heterocycles. The second-order valence-electron chi connectivity index (χ2n) is 10.0. The zero-order chi connectivity index (χ0) is 20.3. The molecular formula is C23H32O5. The van der Waals surface area contributed by atoms with E-state index in [-0.39, 0.29) is 23.6 Å². The number of Topliss-reactive ketones (excluding diaryl/α,β-unsaturated/α-hetero) is 1. The Morgan fingerprint density at radius 2 is 1.82 bits per heavy atom. The van der Waals surface area contributed by atoms with E-state index in [0.29, 0.717) is 30.6 Å². The average Bonchev–Trinajstić information content (AvgIpc) is 2.92. The molecule has 0 bridgehead atoms. The Balaban J connectivity index is 1.60. The summed E-state index contributed by atoms with van der Waals surface area (Å²) in [6.07, 6.45) is 8.53. The second-order valence-corrected chi connectivity index (χ2v) is 10.0. The van der Waals surface area contributed by atoms with Crippen molar-refractivity contribution in [1.82, 2.24) is 0 Å². The summed E-state index contributed by atoms with van der Waals surface area (Å²) in [5.41, 5.74) is -0.459. The van der Waals surface area contributed by atoms with E-state index < -0.39 is 17.0 Å². The van der Waals surface area contributed by atoms with Gasteiger partial charge in [-0.05, 0) is 74.2 Å². The molecule has 0 aliphatic heterocycles. The zero-order valence-corrected chi connectivity index (χ0v) is 17.3. The first-order valence-corrected chi connectivity index (χ1v) is 10.7. The number of ether oxygens (including phenoxy) is 1. The summed E-state index contributed by atoms with van der Waals surface area (Å²) in [5, 5.41) is 11.5. The maximum absolute atomic E-state index is 12.8. The number of rotatable bonds is 3. The van der Waals surface area contributed by atoms with Crippen LogP contribution in [0.5, 0.6) is 0 Å². The van der Waals surface area contributed by atoms with Crippen molar-refractivity contribution in [1.29, 1.82) is 0 Å². The molecule has 28 heavy (non-hydrogen) atoms. The molecule has 0 saturated heterocycles. The van der Waals surface area contributed by atoms with Gasteiger partial charge in [-0.2, -0.15) is 0 Å². The summed E-state index contributed by atoms with van der Waals surface area (Å²) < 4.78 is 4.92.